The molecule has 1 atom stereocenters. The molecule has 6 heteroatoms. The highest BCUT2D eigenvalue weighted by molar-refractivity contribution is 5.75. The van der Waals surface area contributed by atoms with Gasteiger partial charge in [-0.1, -0.05) is 32.4 Å². The maximum atomic E-state index is 11.5. The van der Waals surface area contributed by atoms with Crippen LogP contribution in [0.1, 0.15) is 38.3 Å². The summed E-state index contributed by atoms with van der Waals surface area (Å²) in [5.41, 5.74) is 0.538. The SMILES string of the molecule is CCCCN(CC)C(C(=O)O)c1ccc([N+](=O)[O-])cc1. The highest BCUT2D eigenvalue weighted by Crippen LogP contribution is 2.23. The highest BCUT2D eigenvalue weighted by atomic mass is 16.6. The van der Waals surface area contributed by atoms with Gasteiger partial charge in [-0.05, 0) is 25.1 Å². The Bertz CT molecular complexity index is 459. The maximum absolute atomic E-state index is 11.5. The molecule has 0 spiro atoms. The number of unbranched alkanes of at least 4 members (excludes halogenated alkanes) is 1. The Labute approximate surface area is 118 Å². The molecule has 0 saturated heterocycles. The molecule has 0 aromatic heterocycles. The Morgan fingerprint density at radius 3 is 2.35 bits per heavy atom. The first-order valence-corrected chi connectivity index (χ1v) is 6.72. The maximum Gasteiger partial charge on any atom is 0.325 e. The Morgan fingerprint density at radius 2 is 1.95 bits per heavy atom. The van der Waals surface area contributed by atoms with E-state index in [2.05, 4.69) is 6.92 Å². The van der Waals surface area contributed by atoms with Crippen molar-refractivity contribution in [2.45, 2.75) is 32.7 Å². The molecule has 0 aliphatic rings. The second kappa shape index (κ2) is 7.59. The zero-order chi connectivity index (χ0) is 15.1. The number of aliphatic carboxylic acids is 1. The largest absolute Gasteiger partial charge is 0.480 e. The summed E-state index contributed by atoms with van der Waals surface area (Å²) >= 11 is 0. The topological polar surface area (TPSA) is 83.7 Å². The van der Waals surface area contributed by atoms with Gasteiger partial charge in [-0.2, -0.15) is 0 Å². The van der Waals surface area contributed by atoms with Crippen molar-refractivity contribution in [3.05, 3.63) is 39.9 Å². The quantitative estimate of drug-likeness (QED) is 0.584. The van der Waals surface area contributed by atoms with Crippen LogP contribution >= 0.6 is 0 Å². The molecule has 0 fully saturated rings. The molecular formula is C14H20N2O4. The zero-order valence-electron chi connectivity index (χ0n) is 11.8. The van der Waals surface area contributed by atoms with Crippen LogP contribution in [0.4, 0.5) is 5.69 Å². The average molecular weight is 280 g/mol. The number of hydrogen-bond acceptors (Lipinski definition) is 4. The van der Waals surface area contributed by atoms with Crippen molar-refractivity contribution in [3.8, 4) is 0 Å². The second-order valence-corrected chi connectivity index (χ2v) is 4.57. The van der Waals surface area contributed by atoms with Crippen molar-refractivity contribution in [1.29, 1.82) is 0 Å². The van der Waals surface area contributed by atoms with E-state index < -0.39 is 16.9 Å². The number of nitrogens with zero attached hydrogens (tertiary/aromatic N) is 2. The molecule has 0 heterocycles. The van der Waals surface area contributed by atoms with E-state index in [1.54, 1.807) is 0 Å². The van der Waals surface area contributed by atoms with Crippen molar-refractivity contribution in [2.75, 3.05) is 13.1 Å². The predicted molar refractivity (Wildman–Crippen MR) is 75.6 cm³/mol. The first-order chi connectivity index (χ1) is 9.51. The van der Waals surface area contributed by atoms with E-state index in [4.69, 9.17) is 0 Å². The van der Waals surface area contributed by atoms with Gasteiger partial charge in [0.1, 0.15) is 6.04 Å². The van der Waals surface area contributed by atoms with Crippen LogP contribution in [0.3, 0.4) is 0 Å². The van der Waals surface area contributed by atoms with Crippen LogP contribution in [0, 0.1) is 10.1 Å². The van der Waals surface area contributed by atoms with Gasteiger partial charge in [0, 0.05) is 12.1 Å². The molecule has 6 nitrogen and oxygen atoms in total. The molecule has 0 amide bonds. The lowest BCUT2D eigenvalue weighted by molar-refractivity contribution is -0.384. The van der Waals surface area contributed by atoms with Gasteiger partial charge in [0.25, 0.3) is 5.69 Å². The van der Waals surface area contributed by atoms with Gasteiger partial charge in [0.2, 0.25) is 0 Å². The molecule has 1 unspecified atom stereocenters. The summed E-state index contributed by atoms with van der Waals surface area (Å²) < 4.78 is 0. The van der Waals surface area contributed by atoms with Crippen LogP contribution in [0.15, 0.2) is 24.3 Å². The van der Waals surface area contributed by atoms with Crippen LogP contribution in [0.2, 0.25) is 0 Å². The molecule has 1 aromatic rings. The van der Waals surface area contributed by atoms with E-state index in [0.29, 0.717) is 18.7 Å². The van der Waals surface area contributed by atoms with E-state index in [9.17, 15) is 20.0 Å². The van der Waals surface area contributed by atoms with Crippen LogP contribution in [-0.4, -0.2) is 34.0 Å². The van der Waals surface area contributed by atoms with Gasteiger partial charge in [-0.25, -0.2) is 0 Å². The van der Waals surface area contributed by atoms with Gasteiger partial charge in [0.15, 0.2) is 0 Å². The molecule has 20 heavy (non-hydrogen) atoms. The standard InChI is InChI=1S/C14H20N2O4/c1-3-5-10-15(4-2)13(14(17)18)11-6-8-12(9-7-11)16(19)20/h6-9,13H,3-5,10H2,1-2H3,(H,17,18). The fraction of sp³-hybridized carbons (Fsp3) is 0.500. The van der Waals surface area contributed by atoms with Crippen molar-refractivity contribution in [2.24, 2.45) is 0 Å². The zero-order valence-corrected chi connectivity index (χ0v) is 11.8. The first-order valence-electron chi connectivity index (χ1n) is 6.72. The number of carboxylic acid groups (broad SMARTS) is 1. The minimum Gasteiger partial charge on any atom is -0.480 e. The van der Waals surface area contributed by atoms with Gasteiger partial charge < -0.3 is 5.11 Å². The minimum atomic E-state index is -0.934. The summed E-state index contributed by atoms with van der Waals surface area (Å²) in [7, 11) is 0. The first kappa shape index (κ1) is 16.1. The summed E-state index contributed by atoms with van der Waals surface area (Å²) in [6, 6.07) is 4.97. The van der Waals surface area contributed by atoms with Crippen LogP contribution in [-0.2, 0) is 4.79 Å². The Kier molecular flexibility index (Phi) is 6.11. The van der Waals surface area contributed by atoms with E-state index in [1.165, 1.54) is 24.3 Å². The van der Waals surface area contributed by atoms with E-state index in [0.717, 1.165) is 12.8 Å². The van der Waals surface area contributed by atoms with Crippen molar-refractivity contribution in [3.63, 3.8) is 0 Å². The molecule has 1 aromatic carbocycles. The summed E-state index contributed by atoms with van der Waals surface area (Å²) in [6.07, 6.45) is 1.91. The summed E-state index contributed by atoms with van der Waals surface area (Å²) in [5.74, 6) is -0.934. The number of carbonyl (C=O) groups is 1. The van der Waals surface area contributed by atoms with Crippen LogP contribution < -0.4 is 0 Å². The second-order valence-electron chi connectivity index (χ2n) is 4.57. The van der Waals surface area contributed by atoms with Gasteiger partial charge in [-0.15, -0.1) is 0 Å². The number of benzene rings is 1. The average Bonchev–Trinajstić information content (AvgIpc) is 2.43. The van der Waals surface area contributed by atoms with E-state index in [-0.39, 0.29) is 5.69 Å². The fourth-order valence-corrected chi connectivity index (χ4v) is 2.12. The molecule has 0 saturated carbocycles. The van der Waals surface area contributed by atoms with Gasteiger partial charge >= 0.3 is 5.97 Å². The van der Waals surface area contributed by atoms with Crippen molar-refractivity contribution >= 4 is 11.7 Å². The summed E-state index contributed by atoms with van der Waals surface area (Å²) in [4.78, 5) is 23.5. The number of hydrogen-bond donors (Lipinski definition) is 1. The number of likely N-dealkylation sites (N-methyl/N-ethyl adjacent to an activating group) is 1. The monoisotopic (exact) mass is 280 g/mol. The van der Waals surface area contributed by atoms with Gasteiger partial charge in [0.05, 0.1) is 4.92 Å². The number of nitro groups is 1. The Balaban J connectivity index is 3.00. The van der Waals surface area contributed by atoms with Crippen molar-refractivity contribution in [1.82, 2.24) is 4.90 Å². The Hall–Kier alpha value is -1.95. The van der Waals surface area contributed by atoms with E-state index >= 15 is 0 Å². The predicted octanol–water partition coefficient (Wildman–Crippen LogP) is 2.84. The third kappa shape index (κ3) is 4.03. The molecule has 0 aliphatic carbocycles. The lowest BCUT2D eigenvalue weighted by Crippen LogP contribution is -2.34. The normalized spacial score (nSPS) is 12.3. The molecule has 1 rings (SSSR count). The summed E-state index contributed by atoms with van der Waals surface area (Å²) in [5, 5.41) is 20.1. The number of rotatable bonds is 8. The molecule has 0 bridgehead atoms. The van der Waals surface area contributed by atoms with Crippen LogP contribution in [0.5, 0.6) is 0 Å². The highest BCUT2D eigenvalue weighted by Gasteiger charge is 2.26. The summed E-state index contributed by atoms with van der Waals surface area (Å²) in [6.45, 7) is 5.28. The molecule has 1 N–H and O–H groups in total. The third-order valence-corrected chi connectivity index (χ3v) is 3.22. The third-order valence-electron chi connectivity index (χ3n) is 3.22. The fourth-order valence-electron chi connectivity index (χ4n) is 2.12. The molecule has 0 aliphatic heterocycles. The number of carboxylic acids is 1. The minimum absolute atomic E-state index is 0.0329. The van der Waals surface area contributed by atoms with Crippen molar-refractivity contribution < 1.29 is 14.8 Å². The van der Waals surface area contributed by atoms with Gasteiger partial charge in [-0.3, -0.25) is 19.8 Å². The van der Waals surface area contributed by atoms with Crippen LogP contribution in [0.25, 0.3) is 0 Å². The number of nitro benzene ring substituents is 1. The smallest absolute Gasteiger partial charge is 0.325 e. The molecule has 0 radical (unpaired) electrons. The van der Waals surface area contributed by atoms with E-state index in [1.807, 2.05) is 11.8 Å². The lowest BCUT2D eigenvalue weighted by atomic mass is 10.0. The molecular weight excluding hydrogens is 260 g/mol. The molecule has 110 valence electrons. The lowest BCUT2D eigenvalue weighted by Gasteiger charge is -2.27. The Morgan fingerprint density at radius 1 is 1.35 bits per heavy atom. The number of non-ortho nitro benzene ring substituents is 1.